The molecule has 1 amide bonds. The first-order valence-corrected chi connectivity index (χ1v) is 3.01. The van der Waals surface area contributed by atoms with Crippen LogP contribution in [0, 0.1) is 0 Å². The fraction of sp³-hybridized carbons (Fsp3) is 0.400. The first-order chi connectivity index (χ1) is 4.86. The van der Waals surface area contributed by atoms with Gasteiger partial charge in [-0.1, -0.05) is 5.21 Å². The van der Waals surface area contributed by atoms with Crippen LogP contribution < -0.4 is 5.32 Å². The average Bonchev–Trinajstić information content (AvgIpc) is 2.31. The lowest BCUT2D eigenvalue weighted by molar-refractivity contribution is -0.130. The maximum Gasteiger partial charge on any atom is 0.225 e. The molecule has 52 valence electrons. The van der Waals surface area contributed by atoms with Gasteiger partial charge in [-0.05, 0) is 0 Å². The van der Waals surface area contributed by atoms with Gasteiger partial charge in [0.15, 0.2) is 0 Å². The molecule has 0 radical (unpaired) electrons. The number of nitrogens with zero attached hydrogens (tertiary/aromatic N) is 3. The van der Waals surface area contributed by atoms with Crippen molar-refractivity contribution in [2.45, 2.75) is 12.6 Å². The number of amides is 1. The number of carbonyl (C=O) groups is 1. The summed E-state index contributed by atoms with van der Waals surface area (Å²) in [6.45, 7) is 0. The molecule has 1 saturated heterocycles. The van der Waals surface area contributed by atoms with Crippen molar-refractivity contribution in [2.75, 3.05) is 0 Å². The molecule has 1 unspecified atom stereocenters. The molecule has 1 fully saturated rings. The molecule has 5 nitrogen and oxygen atoms in total. The Morgan fingerprint density at radius 1 is 1.80 bits per heavy atom. The molecule has 5 heteroatoms. The lowest BCUT2D eigenvalue weighted by atomic mass is 10.2. The van der Waals surface area contributed by atoms with Gasteiger partial charge in [-0.2, -0.15) is 0 Å². The molecule has 2 heterocycles. The van der Waals surface area contributed by atoms with Crippen LogP contribution >= 0.6 is 0 Å². The Balaban J connectivity index is 2.10. The van der Waals surface area contributed by atoms with Gasteiger partial charge in [-0.3, -0.25) is 4.79 Å². The highest BCUT2D eigenvalue weighted by Crippen LogP contribution is 2.13. The molecule has 2 rings (SSSR count). The van der Waals surface area contributed by atoms with Crippen molar-refractivity contribution >= 4 is 5.91 Å². The van der Waals surface area contributed by atoms with Crippen molar-refractivity contribution in [2.24, 2.45) is 0 Å². The molecule has 1 aliphatic rings. The predicted molar refractivity (Wildman–Crippen MR) is 31.8 cm³/mol. The Morgan fingerprint density at radius 2 is 2.60 bits per heavy atom. The van der Waals surface area contributed by atoms with Crippen molar-refractivity contribution in [3.8, 4) is 0 Å². The molecular weight excluding hydrogens is 132 g/mol. The molecule has 0 bridgehead atoms. The third-order valence-electron chi connectivity index (χ3n) is 1.47. The summed E-state index contributed by atoms with van der Waals surface area (Å²) in [7, 11) is 0. The van der Waals surface area contributed by atoms with Crippen molar-refractivity contribution < 1.29 is 4.79 Å². The van der Waals surface area contributed by atoms with Crippen LogP contribution in [-0.4, -0.2) is 20.9 Å². The van der Waals surface area contributed by atoms with Gasteiger partial charge >= 0.3 is 0 Å². The van der Waals surface area contributed by atoms with E-state index in [0.717, 1.165) is 0 Å². The number of rotatable bonds is 1. The van der Waals surface area contributed by atoms with E-state index in [1.54, 1.807) is 17.1 Å². The molecule has 1 N–H and O–H groups in total. The number of carbonyl (C=O) groups excluding carboxylic acids is 1. The average molecular weight is 138 g/mol. The number of β-lactam (4-membered cyclic amide) rings is 1. The van der Waals surface area contributed by atoms with Gasteiger partial charge in [-0.15, -0.1) is 5.10 Å². The second-order valence-corrected chi connectivity index (χ2v) is 2.17. The molecule has 0 saturated carbocycles. The van der Waals surface area contributed by atoms with Crippen LogP contribution in [0.25, 0.3) is 0 Å². The largest absolute Gasteiger partial charge is 0.334 e. The zero-order chi connectivity index (χ0) is 6.97. The van der Waals surface area contributed by atoms with E-state index in [-0.39, 0.29) is 12.1 Å². The van der Waals surface area contributed by atoms with Crippen LogP contribution in [-0.2, 0) is 4.79 Å². The summed E-state index contributed by atoms with van der Waals surface area (Å²) in [6, 6.07) is 0. The molecular formula is C5H6N4O. The highest BCUT2D eigenvalue weighted by molar-refractivity contribution is 5.81. The van der Waals surface area contributed by atoms with Gasteiger partial charge in [0.1, 0.15) is 6.17 Å². The molecule has 1 atom stereocenters. The molecule has 1 aliphatic heterocycles. The summed E-state index contributed by atoms with van der Waals surface area (Å²) in [5, 5.41) is 10.0. The Kier molecular flexibility index (Phi) is 0.969. The lowest BCUT2D eigenvalue weighted by Gasteiger charge is -2.25. The quantitative estimate of drug-likeness (QED) is 0.522. The first-order valence-electron chi connectivity index (χ1n) is 3.01. The van der Waals surface area contributed by atoms with Gasteiger partial charge < -0.3 is 5.32 Å². The Labute approximate surface area is 57.0 Å². The summed E-state index contributed by atoms with van der Waals surface area (Å²) in [4.78, 5) is 10.4. The van der Waals surface area contributed by atoms with Crippen molar-refractivity contribution in [1.82, 2.24) is 20.3 Å². The minimum Gasteiger partial charge on any atom is -0.334 e. The van der Waals surface area contributed by atoms with Crippen LogP contribution in [0.2, 0.25) is 0 Å². The summed E-state index contributed by atoms with van der Waals surface area (Å²) in [6.07, 6.45) is 3.87. The van der Waals surface area contributed by atoms with Crippen LogP contribution in [0.4, 0.5) is 0 Å². The van der Waals surface area contributed by atoms with Gasteiger partial charge in [0, 0.05) is 6.20 Å². The third kappa shape index (κ3) is 0.671. The molecule has 1 aromatic heterocycles. The van der Waals surface area contributed by atoms with Crippen LogP contribution in [0.3, 0.4) is 0 Å². The zero-order valence-electron chi connectivity index (χ0n) is 5.19. The number of hydrogen-bond acceptors (Lipinski definition) is 3. The standard InChI is InChI=1S/C5H6N4O/c10-5-3-4(7-5)9-2-1-6-8-9/h1-2,4H,3H2,(H,7,10). The van der Waals surface area contributed by atoms with E-state index >= 15 is 0 Å². The monoisotopic (exact) mass is 138 g/mol. The minimum atomic E-state index is 0.0370. The molecule has 0 spiro atoms. The topological polar surface area (TPSA) is 59.8 Å². The maximum atomic E-state index is 10.4. The predicted octanol–water partition coefficient (Wildman–Crippen LogP) is -0.703. The van der Waals surface area contributed by atoms with Gasteiger partial charge in [0.2, 0.25) is 5.91 Å². The van der Waals surface area contributed by atoms with E-state index in [2.05, 4.69) is 15.6 Å². The van der Waals surface area contributed by atoms with Crippen molar-refractivity contribution in [1.29, 1.82) is 0 Å². The second-order valence-electron chi connectivity index (χ2n) is 2.17. The zero-order valence-corrected chi connectivity index (χ0v) is 5.19. The molecule has 0 aliphatic carbocycles. The molecule has 0 aromatic carbocycles. The second kappa shape index (κ2) is 1.80. The van der Waals surface area contributed by atoms with E-state index in [1.807, 2.05) is 0 Å². The van der Waals surface area contributed by atoms with Crippen molar-refractivity contribution in [3.63, 3.8) is 0 Å². The summed E-state index contributed by atoms with van der Waals surface area (Å²) < 4.78 is 1.63. The fourth-order valence-electron chi connectivity index (χ4n) is 0.884. The highest BCUT2D eigenvalue weighted by atomic mass is 16.2. The SMILES string of the molecule is O=C1CC(n2ccnn2)N1. The van der Waals surface area contributed by atoms with E-state index in [9.17, 15) is 4.79 Å². The summed E-state index contributed by atoms with van der Waals surface area (Å²) in [5.74, 6) is 0.0699. The van der Waals surface area contributed by atoms with Gasteiger partial charge in [-0.25, -0.2) is 4.68 Å². The third-order valence-corrected chi connectivity index (χ3v) is 1.47. The normalized spacial score (nSPS) is 23.6. The van der Waals surface area contributed by atoms with Crippen LogP contribution in [0.1, 0.15) is 12.6 Å². The van der Waals surface area contributed by atoms with E-state index in [0.29, 0.717) is 6.42 Å². The Bertz CT molecular complexity index is 234. The smallest absolute Gasteiger partial charge is 0.225 e. The van der Waals surface area contributed by atoms with Crippen molar-refractivity contribution in [3.05, 3.63) is 12.4 Å². The number of hydrogen-bond donors (Lipinski definition) is 1. The first kappa shape index (κ1) is 5.40. The summed E-state index contributed by atoms with van der Waals surface area (Å²) >= 11 is 0. The van der Waals surface area contributed by atoms with Gasteiger partial charge in [0.25, 0.3) is 0 Å². The van der Waals surface area contributed by atoms with E-state index in [1.165, 1.54) is 0 Å². The number of nitrogens with one attached hydrogen (secondary N) is 1. The van der Waals surface area contributed by atoms with Gasteiger partial charge in [0.05, 0.1) is 12.6 Å². The molecule has 10 heavy (non-hydrogen) atoms. The Morgan fingerprint density at radius 3 is 3.10 bits per heavy atom. The molecule has 1 aromatic rings. The van der Waals surface area contributed by atoms with Crippen LogP contribution in [0.15, 0.2) is 12.4 Å². The minimum absolute atomic E-state index is 0.0370. The Hall–Kier alpha value is -1.39. The number of aromatic nitrogens is 3. The van der Waals surface area contributed by atoms with E-state index in [4.69, 9.17) is 0 Å². The lowest BCUT2D eigenvalue weighted by Crippen LogP contribution is -2.45. The fourth-order valence-corrected chi connectivity index (χ4v) is 0.884. The van der Waals surface area contributed by atoms with E-state index < -0.39 is 0 Å². The highest BCUT2D eigenvalue weighted by Gasteiger charge is 2.26. The summed E-state index contributed by atoms with van der Waals surface area (Å²) in [5.41, 5.74) is 0. The van der Waals surface area contributed by atoms with Crippen LogP contribution in [0.5, 0.6) is 0 Å². The maximum absolute atomic E-state index is 10.4.